The van der Waals surface area contributed by atoms with Crippen LogP contribution in [0.3, 0.4) is 0 Å². The second-order valence-electron chi connectivity index (χ2n) is 2.50. The molecule has 0 fully saturated rings. The maximum absolute atomic E-state index is 8.54. The molecule has 0 aromatic carbocycles. The first-order valence-electron chi connectivity index (χ1n) is 3.92. The number of thioether (sulfide) groups is 1. The van der Waals surface area contributed by atoms with Gasteiger partial charge in [-0.3, -0.25) is 0 Å². The molecular weight excluding hydrogens is 174 g/mol. The number of aromatic nitrogens is 3. The molecule has 0 aliphatic heterocycles. The molecule has 0 atom stereocenters. The lowest BCUT2D eigenvalue weighted by Crippen LogP contribution is -1.91. The minimum absolute atomic E-state index is 0.277. The van der Waals surface area contributed by atoms with Gasteiger partial charge in [0.15, 0.2) is 5.16 Å². The zero-order chi connectivity index (χ0) is 8.81. The van der Waals surface area contributed by atoms with Crippen LogP contribution in [0.1, 0.15) is 12.8 Å². The van der Waals surface area contributed by atoms with E-state index in [0.717, 1.165) is 23.8 Å². The molecule has 0 spiro atoms. The third-order valence-electron chi connectivity index (χ3n) is 1.45. The van der Waals surface area contributed by atoms with Crippen LogP contribution in [-0.4, -0.2) is 32.2 Å². The van der Waals surface area contributed by atoms with Crippen molar-refractivity contribution < 1.29 is 5.11 Å². The van der Waals surface area contributed by atoms with Crippen LogP contribution in [0.4, 0.5) is 0 Å². The van der Waals surface area contributed by atoms with E-state index < -0.39 is 0 Å². The molecule has 1 rings (SSSR count). The van der Waals surface area contributed by atoms with Gasteiger partial charge >= 0.3 is 0 Å². The maximum atomic E-state index is 8.54. The van der Waals surface area contributed by atoms with Gasteiger partial charge in [-0.2, -0.15) is 0 Å². The molecule has 0 bridgehead atoms. The highest BCUT2D eigenvalue weighted by atomic mass is 32.2. The first-order valence-corrected chi connectivity index (χ1v) is 4.91. The van der Waals surface area contributed by atoms with Gasteiger partial charge in [-0.15, -0.1) is 10.2 Å². The molecule has 1 N–H and O–H groups in total. The highest BCUT2D eigenvalue weighted by Crippen LogP contribution is 2.14. The second-order valence-corrected chi connectivity index (χ2v) is 3.57. The van der Waals surface area contributed by atoms with Crippen LogP contribution in [-0.2, 0) is 7.05 Å². The molecule has 12 heavy (non-hydrogen) atoms. The fourth-order valence-electron chi connectivity index (χ4n) is 0.781. The summed E-state index contributed by atoms with van der Waals surface area (Å²) in [5.74, 6) is 0.993. The molecule has 0 amide bonds. The molecule has 0 saturated heterocycles. The zero-order valence-corrected chi connectivity index (χ0v) is 7.92. The van der Waals surface area contributed by atoms with E-state index in [1.165, 1.54) is 0 Å². The molecule has 0 unspecified atom stereocenters. The fourth-order valence-corrected chi connectivity index (χ4v) is 1.67. The Bertz CT molecular complexity index is 226. The average Bonchev–Trinajstić information content (AvgIpc) is 2.46. The van der Waals surface area contributed by atoms with E-state index in [1.807, 2.05) is 11.6 Å². The summed E-state index contributed by atoms with van der Waals surface area (Å²) in [5.41, 5.74) is 0. The van der Waals surface area contributed by atoms with Gasteiger partial charge in [0.05, 0.1) is 0 Å². The Labute approximate surface area is 76.0 Å². The number of hydrogen-bond acceptors (Lipinski definition) is 4. The number of hydrogen-bond donors (Lipinski definition) is 1. The molecular formula is C7H13N3OS. The van der Waals surface area contributed by atoms with E-state index in [9.17, 15) is 0 Å². The Morgan fingerprint density at radius 1 is 1.58 bits per heavy atom. The summed E-state index contributed by atoms with van der Waals surface area (Å²) < 4.78 is 1.89. The summed E-state index contributed by atoms with van der Waals surface area (Å²) in [4.78, 5) is 0. The van der Waals surface area contributed by atoms with Crippen molar-refractivity contribution in [3.05, 3.63) is 6.33 Å². The summed E-state index contributed by atoms with van der Waals surface area (Å²) in [6.07, 6.45) is 3.58. The van der Waals surface area contributed by atoms with E-state index >= 15 is 0 Å². The van der Waals surface area contributed by atoms with Gasteiger partial charge in [0, 0.05) is 19.4 Å². The minimum atomic E-state index is 0.277. The normalized spacial score (nSPS) is 10.5. The topological polar surface area (TPSA) is 50.9 Å². The first kappa shape index (κ1) is 9.54. The molecule has 1 heterocycles. The Kier molecular flexibility index (Phi) is 4.10. The molecule has 0 aliphatic rings. The Morgan fingerprint density at radius 3 is 3.00 bits per heavy atom. The smallest absolute Gasteiger partial charge is 0.190 e. The average molecular weight is 187 g/mol. The van der Waals surface area contributed by atoms with Gasteiger partial charge in [0.1, 0.15) is 6.33 Å². The van der Waals surface area contributed by atoms with Gasteiger partial charge < -0.3 is 9.67 Å². The van der Waals surface area contributed by atoms with Crippen molar-refractivity contribution >= 4 is 11.8 Å². The number of aliphatic hydroxyl groups is 1. The van der Waals surface area contributed by atoms with Crippen LogP contribution in [0.5, 0.6) is 0 Å². The Balaban J connectivity index is 2.20. The standard InChI is InChI=1S/C7H13N3OS/c1-10-6-8-9-7(10)12-5-3-2-4-11/h6,11H,2-5H2,1H3. The lowest BCUT2D eigenvalue weighted by molar-refractivity contribution is 0.287. The predicted molar refractivity (Wildman–Crippen MR) is 48.0 cm³/mol. The molecule has 4 nitrogen and oxygen atoms in total. The zero-order valence-electron chi connectivity index (χ0n) is 7.10. The SMILES string of the molecule is Cn1cnnc1SCCCCO. The molecule has 1 aromatic rings. The molecule has 5 heteroatoms. The van der Waals surface area contributed by atoms with Crippen LogP contribution in [0, 0.1) is 0 Å². The van der Waals surface area contributed by atoms with Crippen LogP contribution in [0.15, 0.2) is 11.5 Å². The predicted octanol–water partition coefficient (Wildman–Crippen LogP) is 0.680. The number of aliphatic hydroxyl groups excluding tert-OH is 1. The van der Waals surface area contributed by atoms with Crippen LogP contribution < -0.4 is 0 Å². The fraction of sp³-hybridized carbons (Fsp3) is 0.714. The third kappa shape index (κ3) is 2.83. The molecule has 1 aromatic heterocycles. The molecule has 0 radical (unpaired) electrons. The van der Waals surface area contributed by atoms with E-state index in [4.69, 9.17) is 5.11 Å². The lowest BCUT2D eigenvalue weighted by atomic mass is 10.4. The van der Waals surface area contributed by atoms with Crippen LogP contribution >= 0.6 is 11.8 Å². The summed E-state index contributed by atoms with van der Waals surface area (Å²) in [6, 6.07) is 0. The molecule has 0 aliphatic carbocycles. The Hall–Kier alpha value is -0.550. The van der Waals surface area contributed by atoms with Crippen LogP contribution in [0.25, 0.3) is 0 Å². The van der Waals surface area contributed by atoms with Gasteiger partial charge in [-0.1, -0.05) is 11.8 Å². The lowest BCUT2D eigenvalue weighted by Gasteiger charge is -1.98. The Morgan fingerprint density at radius 2 is 2.42 bits per heavy atom. The summed E-state index contributed by atoms with van der Waals surface area (Å²) in [6.45, 7) is 0.277. The maximum Gasteiger partial charge on any atom is 0.190 e. The van der Waals surface area contributed by atoms with E-state index in [-0.39, 0.29) is 6.61 Å². The number of unbranched alkanes of at least 4 members (excludes halogenated alkanes) is 1. The number of rotatable bonds is 5. The van der Waals surface area contributed by atoms with Crippen molar-refractivity contribution in [1.82, 2.24) is 14.8 Å². The van der Waals surface area contributed by atoms with Crippen molar-refractivity contribution in [2.75, 3.05) is 12.4 Å². The number of nitrogens with zero attached hydrogens (tertiary/aromatic N) is 3. The van der Waals surface area contributed by atoms with Gasteiger partial charge in [-0.25, -0.2) is 0 Å². The van der Waals surface area contributed by atoms with E-state index in [0.29, 0.717) is 0 Å². The van der Waals surface area contributed by atoms with Gasteiger partial charge in [-0.05, 0) is 12.8 Å². The summed E-state index contributed by atoms with van der Waals surface area (Å²) in [7, 11) is 1.92. The summed E-state index contributed by atoms with van der Waals surface area (Å²) in [5, 5.41) is 17.2. The van der Waals surface area contributed by atoms with Crippen molar-refractivity contribution in [2.45, 2.75) is 18.0 Å². The van der Waals surface area contributed by atoms with Gasteiger partial charge in [0.25, 0.3) is 0 Å². The second kappa shape index (κ2) is 5.16. The highest BCUT2D eigenvalue weighted by Gasteiger charge is 1.99. The van der Waals surface area contributed by atoms with Crippen molar-refractivity contribution in [3.8, 4) is 0 Å². The highest BCUT2D eigenvalue weighted by molar-refractivity contribution is 7.99. The van der Waals surface area contributed by atoms with Gasteiger partial charge in [0.2, 0.25) is 0 Å². The molecule has 0 saturated carbocycles. The monoisotopic (exact) mass is 187 g/mol. The first-order chi connectivity index (χ1) is 5.84. The van der Waals surface area contributed by atoms with Crippen LogP contribution in [0.2, 0.25) is 0 Å². The third-order valence-corrected chi connectivity index (χ3v) is 2.57. The molecule has 68 valence electrons. The van der Waals surface area contributed by atoms with Crippen molar-refractivity contribution in [1.29, 1.82) is 0 Å². The minimum Gasteiger partial charge on any atom is -0.396 e. The largest absolute Gasteiger partial charge is 0.396 e. The van der Waals surface area contributed by atoms with E-state index in [1.54, 1.807) is 18.1 Å². The quantitative estimate of drug-likeness (QED) is 0.544. The number of aryl methyl sites for hydroxylation is 1. The van der Waals surface area contributed by atoms with Crippen molar-refractivity contribution in [2.24, 2.45) is 7.05 Å². The summed E-state index contributed by atoms with van der Waals surface area (Å²) >= 11 is 1.67. The van der Waals surface area contributed by atoms with Crippen molar-refractivity contribution in [3.63, 3.8) is 0 Å². The van der Waals surface area contributed by atoms with E-state index in [2.05, 4.69) is 10.2 Å².